The molecule has 0 spiro atoms. The van der Waals surface area contributed by atoms with Gasteiger partial charge in [0.05, 0.1) is 5.69 Å². The van der Waals surface area contributed by atoms with Crippen LogP contribution in [0, 0.1) is 5.82 Å². The highest BCUT2D eigenvalue weighted by atomic mass is 32.1. The Morgan fingerprint density at radius 3 is 2.52 bits per heavy atom. The molecule has 0 aliphatic rings. The van der Waals surface area contributed by atoms with Gasteiger partial charge in [-0.05, 0) is 37.2 Å². The van der Waals surface area contributed by atoms with Gasteiger partial charge < -0.3 is 5.32 Å². The molecule has 1 aromatic carbocycles. The highest BCUT2D eigenvalue weighted by molar-refractivity contribution is 7.13. The third kappa shape index (κ3) is 5.43. The first-order chi connectivity index (χ1) is 9.94. The molecule has 0 unspecified atom stereocenters. The molecule has 2 rings (SSSR count). The van der Waals surface area contributed by atoms with Crippen molar-refractivity contribution in [3.05, 3.63) is 41.2 Å². The van der Waals surface area contributed by atoms with Gasteiger partial charge in [-0.2, -0.15) is 13.2 Å². The molecule has 7 heteroatoms. The molecular weight excluding hydrogens is 304 g/mol. The van der Waals surface area contributed by atoms with Crippen molar-refractivity contribution >= 4 is 11.3 Å². The summed E-state index contributed by atoms with van der Waals surface area (Å²) in [7, 11) is 0. The molecule has 114 valence electrons. The zero-order chi connectivity index (χ0) is 15.3. The Bertz CT molecular complexity index is 563. The minimum absolute atomic E-state index is 0.0540. The summed E-state index contributed by atoms with van der Waals surface area (Å²) < 4.78 is 48.7. The van der Waals surface area contributed by atoms with E-state index in [1.165, 1.54) is 23.5 Å². The zero-order valence-corrected chi connectivity index (χ0v) is 11.9. The molecule has 1 heterocycles. The zero-order valence-electron chi connectivity index (χ0n) is 11.1. The number of hydrogen-bond donors (Lipinski definition) is 1. The summed E-state index contributed by atoms with van der Waals surface area (Å²) in [6.45, 7) is 0.721. The molecule has 2 aromatic rings. The molecule has 0 atom stereocenters. The van der Waals surface area contributed by atoms with Crippen LogP contribution in [0.2, 0.25) is 0 Å². The third-order valence-corrected chi connectivity index (χ3v) is 3.70. The van der Waals surface area contributed by atoms with Gasteiger partial charge in [0.15, 0.2) is 0 Å². The van der Waals surface area contributed by atoms with Crippen LogP contribution in [0.15, 0.2) is 29.6 Å². The van der Waals surface area contributed by atoms with E-state index >= 15 is 0 Å². The molecule has 0 amide bonds. The Balaban J connectivity index is 1.79. The maximum absolute atomic E-state index is 12.8. The van der Waals surface area contributed by atoms with E-state index in [4.69, 9.17) is 0 Å². The average Bonchev–Trinajstić information content (AvgIpc) is 2.87. The normalized spacial score (nSPS) is 11.8. The van der Waals surface area contributed by atoms with Gasteiger partial charge in [0, 0.05) is 23.9 Å². The SMILES string of the molecule is Fc1ccc(-c2nc(CNCCCC(F)(F)F)cs2)cc1. The van der Waals surface area contributed by atoms with Gasteiger partial charge in [-0.25, -0.2) is 9.37 Å². The Kier molecular flexibility index (Phi) is 5.30. The van der Waals surface area contributed by atoms with Crippen molar-refractivity contribution < 1.29 is 17.6 Å². The second kappa shape index (κ2) is 7.00. The number of benzene rings is 1. The van der Waals surface area contributed by atoms with Gasteiger partial charge in [-0.15, -0.1) is 11.3 Å². The van der Waals surface area contributed by atoms with Crippen LogP contribution in [0.5, 0.6) is 0 Å². The van der Waals surface area contributed by atoms with Crippen LogP contribution in [0.1, 0.15) is 18.5 Å². The van der Waals surface area contributed by atoms with E-state index in [-0.39, 0.29) is 12.2 Å². The number of nitrogens with zero attached hydrogens (tertiary/aromatic N) is 1. The van der Waals surface area contributed by atoms with Crippen LogP contribution >= 0.6 is 11.3 Å². The summed E-state index contributed by atoms with van der Waals surface area (Å²) in [6.07, 6.45) is -4.82. The lowest BCUT2D eigenvalue weighted by atomic mass is 10.2. The summed E-state index contributed by atoms with van der Waals surface area (Å²) >= 11 is 1.42. The van der Waals surface area contributed by atoms with Gasteiger partial charge in [0.1, 0.15) is 10.8 Å². The Hall–Kier alpha value is -1.47. The Morgan fingerprint density at radius 2 is 1.86 bits per heavy atom. The smallest absolute Gasteiger partial charge is 0.311 e. The first-order valence-corrected chi connectivity index (χ1v) is 7.30. The van der Waals surface area contributed by atoms with E-state index in [9.17, 15) is 17.6 Å². The van der Waals surface area contributed by atoms with Crippen molar-refractivity contribution in [1.29, 1.82) is 0 Å². The molecule has 0 aliphatic carbocycles. The summed E-state index contributed by atoms with van der Waals surface area (Å²) in [6, 6.07) is 6.03. The standard InChI is InChI=1S/C14H14F4N2S/c15-11-4-2-10(3-5-11)13-20-12(9-21-13)8-19-7-1-6-14(16,17)18/h2-5,9,19H,1,6-8H2. The molecule has 0 saturated heterocycles. The van der Waals surface area contributed by atoms with Gasteiger partial charge in [-0.3, -0.25) is 0 Å². The minimum atomic E-state index is -4.10. The molecule has 1 N–H and O–H groups in total. The van der Waals surface area contributed by atoms with Crippen molar-refractivity contribution in [1.82, 2.24) is 10.3 Å². The molecule has 21 heavy (non-hydrogen) atoms. The number of rotatable bonds is 6. The van der Waals surface area contributed by atoms with Crippen LogP contribution in [-0.4, -0.2) is 17.7 Å². The predicted molar refractivity (Wildman–Crippen MR) is 74.5 cm³/mol. The fourth-order valence-electron chi connectivity index (χ4n) is 1.74. The van der Waals surface area contributed by atoms with Crippen molar-refractivity contribution in [2.24, 2.45) is 0 Å². The summed E-state index contributed by atoms with van der Waals surface area (Å²) in [4.78, 5) is 4.37. The quantitative estimate of drug-likeness (QED) is 0.631. The Labute approximate surface area is 123 Å². The number of nitrogens with one attached hydrogen (secondary N) is 1. The number of halogens is 4. The van der Waals surface area contributed by atoms with E-state index in [1.54, 1.807) is 12.1 Å². The van der Waals surface area contributed by atoms with Crippen LogP contribution in [0.4, 0.5) is 17.6 Å². The van der Waals surface area contributed by atoms with Crippen LogP contribution in [0.3, 0.4) is 0 Å². The van der Waals surface area contributed by atoms with E-state index in [2.05, 4.69) is 10.3 Å². The largest absolute Gasteiger partial charge is 0.389 e. The topological polar surface area (TPSA) is 24.9 Å². The molecule has 0 radical (unpaired) electrons. The molecule has 2 nitrogen and oxygen atoms in total. The van der Waals surface area contributed by atoms with Crippen molar-refractivity contribution in [2.75, 3.05) is 6.54 Å². The summed E-state index contributed by atoms with van der Waals surface area (Å²) in [5, 5.41) is 5.54. The van der Waals surface area contributed by atoms with Crippen molar-refractivity contribution in [2.45, 2.75) is 25.6 Å². The highest BCUT2D eigenvalue weighted by Gasteiger charge is 2.25. The van der Waals surface area contributed by atoms with E-state index in [1.807, 2.05) is 5.38 Å². The number of aromatic nitrogens is 1. The predicted octanol–water partition coefficient (Wildman–Crippen LogP) is 4.38. The first-order valence-electron chi connectivity index (χ1n) is 6.42. The van der Waals surface area contributed by atoms with E-state index in [0.717, 1.165) is 16.3 Å². The average molecular weight is 318 g/mol. The van der Waals surface area contributed by atoms with Gasteiger partial charge in [0.25, 0.3) is 0 Å². The van der Waals surface area contributed by atoms with Crippen LogP contribution < -0.4 is 5.32 Å². The second-order valence-electron chi connectivity index (χ2n) is 4.55. The molecule has 0 aliphatic heterocycles. The van der Waals surface area contributed by atoms with Crippen LogP contribution in [-0.2, 0) is 6.54 Å². The lowest BCUT2D eigenvalue weighted by Crippen LogP contribution is -2.17. The van der Waals surface area contributed by atoms with Crippen molar-refractivity contribution in [3.63, 3.8) is 0 Å². The molecule has 1 aromatic heterocycles. The summed E-state index contributed by atoms with van der Waals surface area (Å²) in [5.74, 6) is -0.304. The van der Waals surface area contributed by atoms with Gasteiger partial charge in [0.2, 0.25) is 0 Å². The first kappa shape index (κ1) is 15.9. The monoisotopic (exact) mass is 318 g/mol. The van der Waals surface area contributed by atoms with Gasteiger partial charge >= 0.3 is 6.18 Å². The summed E-state index contributed by atoms with van der Waals surface area (Å²) in [5.41, 5.74) is 1.59. The Morgan fingerprint density at radius 1 is 1.14 bits per heavy atom. The number of hydrogen-bond acceptors (Lipinski definition) is 3. The molecule has 0 bridgehead atoms. The second-order valence-corrected chi connectivity index (χ2v) is 5.40. The minimum Gasteiger partial charge on any atom is -0.311 e. The molecule has 0 fully saturated rings. The van der Waals surface area contributed by atoms with E-state index in [0.29, 0.717) is 13.1 Å². The number of thiazole rings is 1. The molecular formula is C14H14F4N2S. The lowest BCUT2D eigenvalue weighted by Gasteiger charge is -2.06. The van der Waals surface area contributed by atoms with E-state index < -0.39 is 12.6 Å². The highest BCUT2D eigenvalue weighted by Crippen LogP contribution is 2.24. The third-order valence-electron chi connectivity index (χ3n) is 2.76. The molecule has 0 saturated carbocycles. The maximum Gasteiger partial charge on any atom is 0.389 e. The lowest BCUT2D eigenvalue weighted by molar-refractivity contribution is -0.135. The van der Waals surface area contributed by atoms with Crippen molar-refractivity contribution in [3.8, 4) is 10.6 Å². The van der Waals surface area contributed by atoms with Crippen LogP contribution in [0.25, 0.3) is 10.6 Å². The maximum atomic E-state index is 12.8. The fraction of sp³-hybridized carbons (Fsp3) is 0.357. The number of alkyl halides is 3. The van der Waals surface area contributed by atoms with Gasteiger partial charge in [-0.1, -0.05) is 0 Å². The fourth-order valence-corrected chi connectivity index (χ4v) is 2.57.